The normalized spacial score (nSPS) is 20.8. The van der Waals surface area contributed by atoms with Crippen molar-refractivity contribution in [3.8, 4) is 0 Å². The Bertz CT molecular complexity index is 202. The van der Waals surface area contributed by atoms with Crippen molar-refractivity contribution in [2.24, 2.45) is 5.92 Å². The summed E-state index contributed by atoms with van der Waals surface area (Å²) in [5.74, 6) is 0.481. The van der Waals surface area contributed by atoms with Gasteiger partial charge in [0.25, 0.3) is 10.1 Å². The van der Waals surface area contributed by atoms with Crippen molar-refractivity contribution >= 4 is 10.1 Å². The highest BCUT2D eigenvalue weighted by molar-refractivity contribution is 7.85. The quantitative estimate of drug-likeness (QED) is 0.665. The van der Waals surface area contributed by atoms with E-state index in [1.165, 1.54) is 12.8 Å². The van der Waals surface area contributed by atoms with Crippen LogP contribution in [0.25, 0.3) is 0 Å². The average Bonchev–Trinajstić information content (AvgIpc) is 2.32. The van der Waals surface area contributed by atoms with E-state index < -0.39 is 10.1 Å². The molecular weight excluding hydrogens is 164 g/mol. The Labute approximate surface area is 67.6 Å². The Balaban J connectivity index is 2.22. The third kappa shape index (κ3) is 3.72. The standard InChI is InChI=1S/C7H14O3S/c8-11(9,10)6-5-7-3-1-2-4-7/h7H,1-6H2,(H,8,9,10). The van der Waals surface area contributed by atoms with Crippen molar-refractivity contribution in [3.05, 3.63) is 0 Å². The molecule has 1 N–H and O–H groups in total. The van der Waals surface area contributed by atoms with Crippen LogP contribution < -0.4 is 0 Å². The van der Waals surface area contributed by atoms with Gasteiger partial charge in [-0.3, -0.25) is 4.55 Å². The Morgan fingerprint density at radius 2 is 1.82 bits per heavy atom. The van der Waals surface area contributed by atoms with E-state index in [1.54, 1.807) is 0 Å². The fourth-order valence-corrected chi connectivity index (χ4v) is 2.25. The van der Waals surface area contributed by atoms with E-state index in [1.807, 2.05) is 0 Å². The zero-order valence-electron chi connectivity index (χ0n) is 6.49. The summed E-state index contributed by atoms with van der Waals surface area (Å²) in [5.41, 5.74) is 0. The Hall–Kier alpha value is -0.0900. The van der Waals surface area contributed by atoms with E-state index in [-0.39, 0.29) is 5.75 Å². The molecule has 0 bridgehead atoms. The predicted octanol–water partition coefficient (Wildman–Crippen LogP) is 1.45. The first-order valence-electron chi connectivity index (χ1n) is 4.03. The third-order valence-electron chi connectivity index (χ3n) is 2.26. The van der Waals surface area contributed by atoms with Crippen molar-refractivity contribution in [2.45, 2.75) is 32.1 Å². The summed E-state index contributed by atoms with van der Waals surface area (Å²) in [6, 6.07) is 0. The molecule has 1 fully saturated rings. The second-order valence-electron chi connectivity index (χ2n) is 3.23. The van der Waals surface area contributed by atoms with Gasteiger partial charge in [-0.2, -0.15) is 8.42 Å². The van der Waals surface area contributed by atoms with Crippen LogP contribution in [0.2, 0.25) is 0 Å². The molecule has 0 unspecified atom stereocenters. The van der Waals surface area contributed by atoms with E-state index in [4.69, 9.17) is 4.55 Å². The van der Waals surface area contributed by atoms with Crippen molar-refractivity contribution in [2.75, 3.05) is 5.75 Å². The topological polar surface area (TPSA) is 54.4 Å². The molecule has 0 saturated heterocycles. The van der Waals surface area contributed by atoms with Crippen LogP contribution in [0.4, 0.5) is 0 Å². The second-order valence-corrected chi connectivity index (χ2v) is 4.80. The lowest BCUT2D eigenvalue weighted by Gasteiger charge is -2.05. The van der Waals surface area contributed by atoms with Crippen LogP contribution in [0.15, 0.2) is 0 Å². The predicted molar refractivity (Wildman–Crippen MR) is 43.0 cm³/mol. The molecule has 0 spiro atoms. The van der Waals surface area contributed by atoms with E-state index in [0.29, 0.717) is 12.3 Å². The van der Waals surface area contributed by atoms with Crippen LogP contribution in [-0.4, -0.2) is 18.7 Å². The van der Waals surface area contributed by atoms with Crippen LogP contribution in [0.3, 0.4) is 0 Å². The molecule has 0 amide bonds. The maximum atomic E-state index is 10.3. The number of hydrogen-bond acceptors (Lipinski definition) is 2. The molecule has 0 aromatic rings. The summed E-state index contributed by atoms with van der Waals surface area (Å²) in [5, 5.41) is 0. The molecule has 0 aromatic heterocycles. The summed E-state index contributed by atoms with van der Waals surface area (Å²) >= 11 is 0. The minimum atomic E-state index is -3.71. The van der Waals surface area contributed by atoms with Gasteiger partial charge in [0.15, 0.2) is 0 Å². The highest BCUT2D eigenvalue weighted by Crippen LogP contribution is 2.27. The monoisotopic (exact) mass is 178 g/mol. The molecule has 1 aliphatic carbocycles. The maximum absolute atomic E-state index is 10.3. The van der Waals surface area contributed by atoms with Gasteiger partial charge in [-0.15, -0.1) is 0 Å². The van der Waals surface area contributed by atoms with E-state index in [9.17, 15) is 8.42 Å². The minimum Gasteiger partial charge on any atom is -0.286 e. The van der Waals surface area contributed by atoms with Crippen LogP contribution in [0.5, 0.6) is 0 Å². The van der Waals surface area contributed by atoms with Crippen molar-refractivity contribution < 1.29 is 13.0 Å². The van der Waals surface area contributed by atoms with Crippen molar-refractivity contribution in [1.82, 2.24) is 0 Å². The Morgan fingerprint density at radius 1 is 1.27 bits per heavy atom. The van der Waals surface area contributed by atoms with Gasteiger partial charge >= 0.3 is 0 Å². The van der Waals surface area contributed by atoms with Gasteiger partial charge in [-0.1, -0.05) is 25.7 Å². The Kier molecular flexibility index (Phi) is 2.90. The summed E-state index contributed by atoms with van der Waals surface area (Å²) in [6.07, 6.45) is 5.34. The van der Waals surface area contributed by atoms with Gasteiger partial charge in [0, 0.05) is 0 Å². The van der Waals surface area contributed by atoms with Crippen LogP contribution in [-0.2, 0) is 10.1 Å². The van der Waals surface area contributed by atoms with E-state index in [2.05, 4.69) is 0 Å². The van der Waals surface area contributed by atoms with Gasteiger partial charge in [0.05, 0.1) is 5.75 Å². The zero-order valence-corrected chi connectivity index (χ0v) is 7.31. The van der Waals surface area contributed by atoms with Gasteiger partial charge in [-0.25, -0.2) is 0 Å². The van der Waals surface area contributed by atoms with Crippen LogP contribution in [0, 0.1) is 5.92 Å². The zero-order chi connectivity index (χ0) is 8.32. The summed E-state index contributed by atoms with van der Waals surface area (Å²) in [7, 11) is -3.71. The molecule has 4 heteroatoms. The molecule has 0 heterocycles. The molecular formula is C7H14O3S. The second kappa shape index (κ2) is 3.54. The molecule has 11 heavy (non-hydrogen) atoms. The molecule has 66 valence electrons. The lowest BCUT2D eigenvalue weighted by Crippen LogP contribution is -2.07. The lowest BCUT2D eigenvalue weighted by molar-refractivity contribution is 0.464. The average molecular weight is 178 g/mol. The summed E-state index contributed by atoms with van der Waals surface area (Å²) < 4.78 is 29.1. The smallest absolute Gasteiger partial charge is 0.264 e. The van der Waals surface area contributed by atoms with Gasteiger partial charge in [0.2, 0.25) is 0 Å². The molecule has 3 nitrogen and oxygen atoms in total. The van der Waals surface area contributed by atoms with E-state index >= 15 is 0 Å². The molecule has 0 aromatic carbocycles. The molecule has 1 rings (SSSR count). The molecule has 0 radical (unpaired) electrons. The van der Waals surface area contributed by atoms with Gasteiger partial charge in [-0.05, 0) is 12.3 Å². The summed E-state index contributed by atoms with van der Waals surface area (Å²) in [4.78, 5) is 0. The Morgan fingerprint density at radius 3 is 2.27 bits per heavy atom. The largest absolute Gasteiger partial charge is 0.286 e. The van der Waals surface area contributed by atoms with Crippen LogP contribution in [0.1, 0.15) is 32.1 Å². The van der Waals surface area contributed by atoms with Crippen molar-refractivity contribution in [3.63, 3.8) is 0 Å². The molecule has 1 aliphatic rings. The van der Waals surface area contributed by atoms with Gasteiger partial charge in [0.1, 0.15) is 0 Å². The van der Waals surface area contributed by atoms with E-state index in [0.717, 1.165) is 12.8 Å². The van der Waals surface area contributed by atoms with Crippen molar-refractivity contribution in [1.29, 1.82) is 0 Å². The first-order chi connectivity index (χ1) is 5.08. The van der Waals surface area contributed by atoms with Crippen LogP contribution >= 0.6 is 0 Å². The highest BCUT2D eigenvalue weighted by Gasteiger charge is 2.17. The fraction of sp³-hybridized carbons (Fsp3) is 1.00. The molecule has 1 saturated carbocycles. The first-order valence-corrected chi connectivity index (χ1v) is 5.64. The molecule has 0 atom stereocenters. The first kappa shape index (κ1) is 9.00. The number of hydrogen-bond donors (Lipinski definition) is 1. The number of rotatable bonds is 3. The lowest BCUT2D eigenvalue weighted by atomic mass is 10.1. The highest BCUT2D eigenvalue weighted by atomic mass is 32.2. The fourth-order valence-electron chi connectivity index (χ4n) is 1.61. The maximum Gasteiger partial charge on any atom is 0.264 e. The third-order valence-corrected chi connectivity index (χ3v) is 3.01. The SMILES string of the molecule is O=S(=O)(O)CCC1CCCC1. The van der Waals surface area contributed by atoms with Gasteiger partial charge < -0.3 is 0 Å². The summed E-state index contributed by atoms with van der Waals surface area (Å²) in [6.45, 7) is 0. The molecule has 0 aliphatic heterocycles. The minimum absolute atomic E-state index is 0.0579.